The van der Waals surface area contributed by atoms with E-state index in [-0.39, 0.29) is 10.8 Å². The Balaban J connectivity index is 0.985. The number of benzene rings is 2. The van der Waals surface area contributed by atoms with E-state index in [1.807, 2.05) is 12.1 Å². The van der Waals surface area contributed by atoms with Gasteiger partial charge in [0.25, 0.3) is 0 Å². The minimum absolute atomic E-state index is 0.0865. The zero-order valence-corrected chi connectivity index (χ0v) is 29.0. The zero-order chi connectivity index (χ0) is 33.0. The van der Waals surface area contributed by atoms with Crippen LogP contribution in [0.15, 0.2) is 46.5 Å². The van der Waals surface area contributed by atoms with Gasteiger partial charge in [-0.3, -0.25) is 4.99 Å². The molecule has 47 heavy (non-hydrogen) atoms. The summed E-state index contributed by atoms with van der Waals surface area (Å²) in [6.45, 7) is 3.39. The zero-order valence-electron chi connectivity index (χ0n) is 29.0. The average molecular weight is 649 g/mol. The van der Waals surface area contributed by atoms with Gasteiger partial charge in [0.2, 0.25) is 0 Å². The fourth-order valence-corrected chi connectivity index (χ4v) is 8.83. The Labute approximate surface area is 280 Å². The van der Waals surface area contributed by atoms with Gasteiger partial charge in [-0.25, -0.2) is 0 Å². The first kappa shape index (κ1) is 33.6. The van der Waals surface area contributed by atoms with Gasteiger partial charge < -0.3 is 38.3 Å². The summed E-state index contributed by atoms with van der Waals surface area (Å²) in [5, 5.41) is 4.56. The molecule has 0 radical (unpaired) electrons. The van der Waals surface area contributed by atoms with E-state index in [1.54, 1.807) is 28.4 Å². The van der Waals surface area contributed by atoms with Gasteiger partial charge in [0.05, 0.1) is 40.8 Å². The fraction of sp³-hybridized carbons (Fsp3) is 0.622. The number of likely N-dealkylation sites (tertiary alicyclic amines) is 2. The predicted octanol–water partition coefficient (Wildman–Crippen LogP) is 5.46. The molecule has 2 saturated carbocycles. The molecule has 6 rings (SSSR count). The minimum atomic E-state index is 0.0865. The largest absolute Gasteiger partial charge is 0.493 e. The molecule has 4 atom stereocenters. The monoisotopic (exact) mass is 648 g/mol. The summed E-state index contributed by atoms with van der Waals surface area (Å²) in [5.41, 5.74) is 5.21. The lowest BCUT2D eigenvalue weighted by molar-refractivity contribution is 0.0525. The van der Waals surface area contributed by atoms with Crippen molar-refractivity contribution < 1.29 is 28.5 Å². The lowest BCUT2D eigenvalue weighted by atomic mass is 9.65. The van der Waals surface area contributed by atoms with Crippen LogP contribution in [0.5, 0.6) is 23.0 Å². The van der Waals surface area contributed by atoms with Crippen molar-refractivity contribution in [2.75, 3.05) is 75.6 Å². The molecule has 4 fully saturated rings. The topological polar surface area (TPSA) is 86.6 Å². The Morgan fingerprint density at radius 1 is 0.660 bits per heavy atom. The first-order valence-corrected chi connectivity index (χ1v) is 17.0. The summed E-state index contributed by atoms with van der Waals surface area (Å²) in [6.07, 6.45) is 8.14. The highest BCUT2D eigenvalue weighted by molar-refractivity contribution is 5.87. The number of hydrogen-bond donors (Lipinski definition) is 0. The van der Waals surface area contributed by atoms with E-state index >= 15 is 0 Å². The van der Waals surface area contributed by atoms with Crippen LogP contribution in [0.4, 0.5) is 0 Å². The molecule has 0 N–H and O–H groups in total. The van der Waals surface area contributed by atoms with Gasteiger partial charge in [0.1, 0.15) is 13.3 Å². The average Bonchev–Trinajstić information content (AvgIpc) is 3.63. The van der Waals surface area contributed by atoms with E-state index in [0.717, 1.165) is 93.2 Å². The molecular weight excluding hydrogens is 596 g/mol. The second kappa shape index (κ2) is 14.4. The van der Waals surface area contributed by atoms with Crippen molar-refractivity contribution in [3.63, 3.8) is 0 Å². The molecule has 2 heterocycles. The van der Waals surface area contributed by atoms with Crippen LogP contribution in [-0.2, 0) is 20.4 Å². The minimum Gasteiger partial charge on any atom is -0.493 e. The number of ether oxygens (including phenoxy) is 5. The summed E-state index contributed by atoms with van der Waals surface area (Å²) in [6, 6.07) is 13.6. The Morgan fingerprint density at radius 2 is 1.17 bits per heavy atom. The molecule has 0 bridgehead atoms. The van der Waals surface area contributed by atoms with Crippen LogP contribution >= 0.6 is 0 Å². The summed E-state index contributed by atoms with van der Waals surface area (Å²) >= 11 is 0. The maximum atomic E-state index is 5.87. The van der Waals surface area contributed by atoms with E-state index < -0.39 is 0 Å². The van der Waals surface area contributed by atoms with Gasteiger partial charge in [0.15, 0.2) is 23.0 Å². The van der Waals surface area contributed by atoms with Crippen molar-refractivity contribution in [2.45, 2.75) is 74.3 Å². The number of rotatable bonds is 12. The van der Waals surface area contributed by atoms with Crippen LogP contribution in [0, 0.1) is 0 Å². The van der Waals surface area contributed by atoms with Crippen LogP contribution in [-0.4, -0.2) is 109 Å². The van der Waals surface area contributed by atoms with Gasteiger partial charge in [-0.2, -0.15) is 0 Å². The van der Waals surface area contributed by atoms with Gasteiger partial charge in [-0.1, -0.05) is 17.3 Å². The number of aliphatic imine (C=N–C) groups is 1. The molecule has 1 unspecified atom stereocenters. The molecule has 10 nitrogen and oxygen atoms in total. The van der Waals surface area contributed by atoms with Crippen LogP contribution in [0.1, 0.15) is 62.5 Å². The van der Waals surface area contributed by atoms with E-state index in [4.69, 9.17) is 33.5 Å². The molecule has 0 spiro atoms. The molecule has 0 aromatic heterocycles. The number of likely N-dealkylation sites (N-methyl/N-ethyl adjacent to an activating group) is 2. The maximum absolute atomic E-state index is 5.87. The standard InChI is InChI=1S/C37H52N4O6/c1-40-17-15-36(26-7-9-30(42-3)32(21-26)44-5)13-11-28(23-34(36)40)38-25-46-19-20-47-39-29-12-14-37(16-18-41(2)35(37)24-29)27-8-10-31(43-4)33(22-27)45-6/h7-10,21-22,34-35H,11-20,23-25H2,1-6H3/b38-28-,39-29+/t34?,35-,36-,37-/m0/s1. The predicted molar refractivity (Wildman–Crippen MR) is 184 cm³/mol. The normalized spacial score (nSPS) is 29.5. The number of fused-ring (bicyclic) bond motifs is 2. The first-order valence-electron chi connectivity index (χ1n) is 17.0. The van der Waals surface area contributed by atoms with Gasteiger partial charge >= 0.3 is 0 Å². The number of hydrogen-bond acceptors (Lipinski definition) is 10. The molecule has 0 amide bonds. The van der Waals surface area contributed by atoms with Crippen molar-refractivity contribution in [3.8, 4) is 23.0 Å². The lowest BCUT2D eigenvalue weighted by Crippen LogP contribution is -2.46. The van der Waals surface area contributed by atoms with Crippen molar-refractivity contribution in [1.29, 1.82) is 0 Å². The SMILES string of the molecule is COc1ccc([C@@]23CC/C(=N/COCCO/N=C4\CC[C@@]5(c6ccc(OC)c(OC)c6)CCN(C)[C@H]5C4)CC2N(C)CC3)cc1OC. The summed E-state index contributed by atoms with van der Waals surface area (Å²) in [4.78, 5) is 15.6. The molecule has 2 aliphatic carbocycles. The third-order valence-corrected chi connectivity index (χ3v) is 11.5. The van der Waals surface area contributed by atoms with Crippen molar-refractivity contribution in [3.05, 3.63) is 47.5 Å². The van der Waals surface area contributed by atoms with Crippen LogP contribution in [0.25, 0.3) is 0 Å². The molecule has 4 aliphatic rings. The highest BCUT2D eigenvalue weighted by Crippen LogP contribution is 2.50. The van der Waals surface area contributed by atoms with Crippen molar-refractivity contribution >= 4 is 11.4 Å². The maximum Gasteiger partial charge on any atom is 0.161 e. The highest BCUT2D eigenvalue weighted by Gasteiger charge is 2.51. The Kier molecular flexibility index (Phi) is 10.3. The Hall–Kier alpha value is -3.34. The van der Waals surface area contributed by atoms with Gasteiger partial charge in [0, 0.05) is 41.5 Å². The number of methoxy groups -OCH3 is 4. The van der Waals surface area contributed by atoms with Crippen molar-refractivity contribution in [1.82, 2.24) is 9.80 Å². The first-order chi connectivity index (χ1) is 22.9. The van der Waals surface area contributed by atoms with E-state index in [0.29, 0.717) is 32.0 Å². The Morgan fingerprint density at radius 3 is 1.70 bits per heavy atom. The molecule has 256 valence electrons. The third-order valence-electron chi connectivity index (χ3n) is 11.5. The Bertz CT molecular complexity index is 1360. The van der Waals surface area contributed by atoms with Crippen LogP contribution in [0.2, 0.25) is 0 Å². The van der Waals surface area contributed by atoms with Crippen LogP contribution < -0.4 is 18.9 Å². The molecule has 2 aromatic rings. The molecule has 2 aromatic carbocycles. The summed E-state index contributed by atoms with van der Waals surface area (Å²) in [7, 11) is 11.2. The number of nitrogens with zero attached hydrogens (tertiary/aromatic N) is 4. The molecular formula is C37H52N4O6. The fourth-order valence-electron chi connectivity index (χ4n) is 8.83. The molecule has 2 aliphatic heterocycles. The molecule has 10 heteroatoms. The third kappa shape index (κ3) is 6.44. The number of oxime groups is 1. The quantitative estimate of drug-likeness (QED) is 0.222. The second-order valence-corrected chi connectivity index (χ2v) is 13.6. The smallest absolute Gasteiger partial charge is 0.161 e. The van der Waals surface area contributed by atoms with Crippen LogP contribution in [0.3, 0.4) is 0 Å². The van der Waals surface area contributed by atoms with E-state index in [2.05, 4.69) is 53.3 Å². The summed E-state index contributed by atoms with van der Waals surface area (Å²) < 4.78 is 28.1. The van der Waals surface area contributed by atoms with Crippen molar-refractivity contribution in [2.24, 2.45) is 10.1 Å². The van der Waals surface area contributed by atoms with Gasteiger partial charge in [-0.05, 0) is 101 Å². The summed E-state index contributed by atoms with van der Waals surface area (Å²) in [5.74, 6) is 3.13. The van der Waals surface area contributed by atoms with E-state index in [1.165, 1.54) is 16.8 Å². The molecule has 2 saturated heterocycles. The second-order valence-electron chi connectivity index (χ2n) is 13.6. The van der Waals surface area contributed by atoms with E-state index in [9.17, 15) is 0 Å². The highest BCUT2D eigenvalue weighted by atomic mass is 16.6. The van der Waals surface area contributed by atoms with Gasteiger partial charge in [-0.15, -0.1) is 0 Å². The lowest BCUT2D eigenvalue weighted by Gasteiger charge is -2.42.